The number of halogens is 2. The zero-order valence-electron chi connectivity index (χ0n) is 12.1. The molecule has 0 spiro atoms. The first kappa shape index (κ1) is 14.9. The van der Waals surface area contributed by atoms with Crippen molar-refractivity contribution in [1.82, 2.24) is 4.57 Å². The van der Waals surface area contributed by atoms with Crippen LogP contribution in [-0.4, -0.2) is 11.1 Å². The molecule has 0 aliphatic rings. The highest BCUT2D eigenvalue weighted by molar-refractivity contribution is 6.30. The number of aromatic nitrogens is 1. The second-order valence-electron chi connectivity index (χ2n) is 5.13. The van der Waals surface area contributed by atoms with Gasteiger partial charge in [-0.05, 0) is 48.9 Å². The van der Waals surface area contributed by atoms with E-state index >= 15 is 0 Å². The quantitative estimate of drug-likeness (QED) is 0.780. The third-order valence-corrected chi connectivity index (χ3v) is 3.86. The van der Waals surface area contributed by atoms with Gasteiger partial charge < -0.3 is 15.0 Å². The molecule has 114 valence electrons. The third kappa shape index (κ3) is 2.67. The summed E-state index contributed by atoms with van der Waals surface area (Å²) in [4.78, 5) is 0. The second kappa shape index (κ2) is 5.99. The number of hydrogen-bond acceptors (Lipinski definition) is 2. The van der Waals surface area contributed by atoms with E-state index < -0.39 is 0 Å². The molecular formula is C17H16ClFN2O. The van der Waals surface area contributed by atoms with Gasteiger partial charge in [-0.15, -0.1) is 0 Å². The Morgan fingerprint density at radius 2 is 2.00 bits per heavy atom. The predicted octanol–water partition coefficient (Wildman–Crippen LogP) is 4.26. The number of ether oxygens (including phenoxy) is 1. The SMILES string of the molecule is Cn1ccc2c(F)c(Oc3cc(Cl)ccc3CCN)ccc21. The van der Waals surface area contributed by atoms with Gasteiger partial charge in [-0.25, -0.2) is 4.39 Å². The molecule has 1 aromatic heterocycles. The lowest BCUT2D eigenvalue weighted by Crippen LogP contribution is -2.04. The summed E-state index contributed by atoms with van der Waals surface area (Å²) in [5, 5.41) is 1.07. The lowest BCUT2D eigenvalue weighted by Gasteiger charge is -2.12. The lowest BCUT2D eigenvalue weighted by molar-refractivity contribution is 0.441. The molecule has 1 heterocycles. The third-order valence-electron chi connectivity index (χ3n) is 3.63. The van der Waals surface area contributed by atoms with Gasteiger partial charge in [0, 0.05) is 23.7 Å². The van der Waals surface area contributed by atoms with Gasteiger partial charge in [0.05, 0.1) is 5.52 Å². The van der Waals surface area contributed by atoms with E-state index in [-0.39, 0.29) is 11.6 Å². The molecule has 0 atom stereocenters. The van der Waals surface area contributed by atoms with Crippen molar-refractivity contribution < 1.29 is 9.13 Å². The highest BCUT2D eigenvalue weighted by Crippen LogP contribution is 2.33. The molecule has 0 radical (unpaired) electrons. The van der Waals surface area contributed by atoms with E-state index in [4.69, 9.17) is 22.1 Å². The van der Waals surface area contributed by atoms with Gasteiger partial charge in [-0.3, -0.25) is 0 Å². The molecule has 2 N–H and O–H groups in total. The maximum atomic E-state index is 14.6. The van der Waals surface area contributed by atoms with Crippen LogP contribution >= 0.6 is 11.6 Å². The van der Waals surface area contributed by atoms with Crippen LogP contribution in [-0.2, 0) is 13.5 Å². The minimum atomic E-state index is -0.378. The van der Waals surface area contributed by atoms with Crippen LogP contribution < -0.4 is 10.5 Å². The fourth-order valence-corrected chi connectivity index (χ4v) is 2.64. The first-order chi connectivity index (χ1) is 10.6. The van der Waals surface area contributed by atoms with Crippen LogP contribution in [0.2, 0.25) is 5.02 Å². The summed E-state index contributed by atoms with van der Waals surface area (Å²) in [5.41, 5.74) is 7.32. The molecule has 5 heteroatoms. The zero-order valence-corrected chi connectivity index (χ0v) is 12.9. The van der Waals surface area contributed by atoms with E-state index in [1.165, 1.54) is 0 Å². The Labute approximate surface area is 133 Å². The van der Waals surface area contributed by atoms with Gasteiger partial charge in [-0.2, -0.15) is 0 Å². The van der Waals surface area contributed by atoms with Crippen molar-refractivity contribution in [2.24, 2.45) is 12.8 Å². The Hall–Kier alpha value is -2.04. The molecule has 0 saturated carbocycles. The monoisotopic (exact) mass is 318 g/mol. The van der Waals surface area contributed by atoms with Gasteiger partial charge in [0.15, 0.2) is 11.6 Å². The number of aryl methyl sites for hydroxylation is 1. The molecule has 3 aromatic rings. The number of nitrogens with zero attached hydrogens (tertiary/aromatic N) is 1. The number of nitrogens with two attached hydrogens (primary N) is 1. The molecule has 3 rings (SSSR count). The molecule has 2 aromatic carbocycles. The number of benzene rings is 2. The Balaban J connectivity index is 2.03. The van der Waals surface area contributed by atoms with E-state index in [0.29, 0.717) is 29.1 Å². The zero-order chi connectivity index (χ0) is 15.7. The van der Waals surface area contributed by atoms with Crippen LogP contribution in [0.4, 0.5) is 4.39 Å². The molecule has 0 amide bonds. The fraction of sp³-hybridized carbons (Fsp3) is 0.176. The molecule has 0 saturated heterocycles. The van der Waals surface area contributed by atoms with Crippen molar-refractivity contribution in [3.8, 4) is 11.5 Å². The molecule has 3 nitrogen and oxygen atoms in total. The minimum Gasteiger partial charge on any atom is -0.454 e. The Morgan fingerprint density at radius 3 is 2.77 bits per heavy atom. The van der Waals surface area contributed by atoms with Gasteiger partial charge in [0.2, 0.25) is 0 Å². The number of hydrogen-bond donors (Lipinski definition) is 1. The number of rotatable bonds is 4. The largest absolute Gasteiger partial charge is 0.454 e. The summed E-state index contributed by atoms with van der Waals surface area (Å²) < 4.78 is 22.2. The molecular weight excluding hydrogens is 303 g/mol. The molecule has 0 aliphatic heterocycles. The number of fused-ring (bicyclic) bond motifs is 1. The normalized spacial score (nSPS) is 11.1. The average Bonchev–Trinajstić information content (AvgIpc) is 2.87. The van der Waals surface area contributed by atoms with E-state index in [0.717, 1.165) is 11.1 Å². The second-order valence-corrected chi connectivity index (χ2v) is 5.57. The Morgan fingerprint density at radius 1 is 1.18 bits per heavy atom. The van der Waals surface area contributed by atoms with Gasteiger partial charge in [0.25, 0.3) is 0 Å². The van der Waals surface area contributed by atoms with Gasteiger partial charge in [-0.1, -0.05) is 17.7 Å². The molecule has 0 unspecified atom stereocenters. The van der Waals surface area contributed by atoms with E-state index in [9.17, 15) is 4.39 Å². The van der Waals surface area contributed by atoms with Crippen LogP contribution in [0.3, 0.4) is 0 Å². The first-order valence-electron chi connectivity index (χ1n) is 7.00. The molecule has 0 aliphatic carbocycles. The van der Waals surface area contributed by atoms with Crippen LogP contribution in [0.25, 0.3) is 10.9 Å². The lowest BCUT2D eigenvalue weighted by atomic mass is 10.1. The standard InChI is InChI=1S/C17H16ClFN2O/c1-21-9-7-13-14(21)4-5-15(17(13)19)22-16-10-12(18)3-2-11(16)6-8-20/h2-5,7,9-10H,6,8,20H2,1H3. The minimum absolute atomic E-state index is 0.180. The summed E-state index contributed by atoms with van der Waals surface area (Å²) in [5.74, 6) is 0.336. The van der Waals surface area contributed by atoms with E-state index in [1.807, 2.05) is 29.9 Å². The summed E-state index contributed by atoms with van der Waals surface area (Å²) >= 11 is 6.01. The highest BCUT2D eigenvalue weighted by Gasteiger charge is 2.13. The first-order valence-corrected chi connectivity index (χ1v) is 7.38. The van der Waals surface area contributed by atoms with Crippen LogP contribution in [0.5, 0.6) is 11.5 Å². The van der Waals surface area contributed by atoms with Crippen molar-refractivity contribution >= 4 is 22.5 Å². The molecule has 22 heavy (non-hydrogen) atoms. The van der Waals surface area contributed by atoms with Crippen molar-refractivity contribution in [3.63, 3.8) is 0 Å². The summed E-state index contributed by atoms with van der Waals surface area (Å²) in [6.45, 7) is 0.484. The van der Waals surface area contributed by atoms with Crippen LogP contribution in [0.1, 0.15) is 5.56 Å². The Kier molecular flexibility index (Phi) is 4.05. The van der Waals surface area contributed by atoms with Gasteiger partial charge in [0.1, 0.15) is 5.75 Å². The van der Waals surface area contributed by atoms with Crippen molar-refractivity contribution in [1.29, 1.82) is 0 Å². The summed E-state index contributed by atoms with van der Waals surface area (Å²) in [7, 11) is 1.87. The maximum Gasteiger partial charge on any atom is 0.175 e. The van der Waals surface area contributed by atoms with Crippen molar-refractivity contribution in [2.75, 3.05) is 6.54 Å². The molecule has 0 bridgehead atoms. The predicted molar refractivity (Wildman–Crippen MR) is 87.2 cm³/mol. The van der Waals surface area contributed by atoms with Crippen molar-refractivity contribution in [3.05, 3.63) is 59.0 Å². The average molecular weight is 319 g/mol. The van der Waals surface area contributed by atoms with Gasteiger partial charge >= 0.3 is 0 Å². The van der Waals surface area contributed by atoms with E-state index in [2.05, 4.69) is 0 Å². The summed E-state index contributed by atoms with van der Waals surface area (Å²) in [6.07, 6.45) is 2.46. The maximum absolute atomic E-state index is 14.6. The van der Waals surface area contributed by atoms with E-state index in [1.54, 1.807) is 24.3 Å². The topological polar surface area (TPSA) is 40.2 Å². The van der Waals surface area contributed by atoms with Crippen molar-refractivity contribution in [2.45, 2.75) is 6.42 Å². The van der Waals surface area contributed by atoms with Crippen LogP contribution in [0.15, 0.2) is 42.6 Å². The Bertz CT molecular complexity index is 829. The molecule has 0 fully saturated rings. The summed E-state index contributed by atoms with van der Waals surface area (Å²) in [6, 6.07) is 10.5. The fourth-order valence-electron chi connectivity index (χ4n) is 2.48. The highest BCUT2D eigenvalue weighted by atomic mass is 35.5. The van der Waals surface area contributed by atoms with Crippen LogP contribution in [0, 0.1) is 5.82 Å². The smallest absolute Gasteiger partial charge is 0.175 e.